The molecule has 2 fully saturated rings. The van der Waals surface area contributed by atoms with Crippen LogP contribution < -0.4 is 9.47 Å². The van der Waals surface area contributed by atoms with Crippen molar-refractivity contribution >= 4 is 16.8 Å². The predicted octanol–water partition coefficient (Wildman–Crippen LogP) is 4.02. The van der Waals surface area contributed by atoms with Crippen molar-refractivity contribution in [3.05, 3.63) is 59.9 Å². The maximum absolute atomic E-state index is 13.7. The van der Waals surface area contributed by atoms with Crippen molar-refractivity contribution in [3.8, 4) is 11.6 Å². The minimum atomic E-state index is -0.0404. The minimum Gasteiger partial charge on any atom is -0.493 e. The molecule has 1 saturated heterocycles. The smallest absolute Gasteiger partial charge is 0.260 e. The number of aryl methyl sites for hydroxylation is 1. The molecule has 5 rings (SSSR count). The van der Waals surface area contributed by atoms with Crippen LogP contribution in [0.1, 0.15) is 35.7 Å². The van der Waals surface area contributed by atoms with Crippen molar-refractivity contribution in [1.82, 2.24) is 14.9 Å². The quantitative estimate of drug-likeness (QED) is 0.644. The van der Waals surface area contributed by atoms with Gasteiger partial charge >= 0.3 is 0 Å². The van der Waals surface area contributed by atoms with E-state index in [0.29, 0.717) is 35.2 Å². The van der Waals surface area contributed by atoms with Crippen LogP contribution in [0.4, 0.5) is 0 Å². The second kappa shape index (κ2) is 7.59. The molecule has 3 aromatic rings. The molecule has 1 aromatic carbocycles. The SMILES string of the molecule is CCOc1ccc2cccnc2c1C(=O)N1CC2CC(Oc3ccc(C)cn3)C1C2. The van der Waals surface area contributed by atoms with E-state index in [9.17, 15) is 4.79 Å². The van der Waals surface area contributed by atoms with Gasteiger partial charge in [0.1, 0.15) is 17.4 Å². The zero-order valence-electron chi connectivity index (χ0n) is 17.2. The summed E-state index contributed by atoms with van der Waals surface area (Å²) in [5, 5.41) is 0.935. The molecule has 2 aromatic heterocycles. The van der Waals surface area contributed by atoms with Crippen LogP contribution in [0.25, 0.3) is 10.9 Å². The largest absolute Gasteiger partial charge is 0.493 e. The molecular formula is C24H25N3O3. The fraction of sp³-hybridized carbons (Fsp3) is 0.375. The molecule has 0 N–H and O–H groups in total. The highest BCUT2D eigenvalue weighted by Crippen LogP contribution is 2.41. The van der Waals surface area contributed by atoms with Gasteiger partial charge < -0.3 is 14.4 Å². The van der Waals surface area contributed by atoms with Gasteiger partial charge in [0, 0.05) is 30.4 Å². The maximum atomic E-state index is 13.7. The van der Waals surface area contributed by atoms with Gasteiger partial charge in [-0.2, -0.15) is 0 Å². The standard InChI is InChI=1S/C24H25N3O3/c1-3-29-19-8-7-17-5-4-10-25-23(17)22(19)24(28)27-14-16-11-18(27)20(12-16)30-21-9-6-15(2)13-26-21/h4-10,13,16,18,20H,3,11-12,14H2,1-2H3. The normalized spacial score (nSPS) is 22.5. The topological polar surface area (TPSA) is 64.5 Å². The van der Waals surface area contributed by atoms with E-state index in [1.165, 1.54) is 0 Å². The fourth-order valence-electron chi connectivity index (χ4n) is 4.76. The zero-order chi connectivity index (χ0) is 20.7. The van der Waals surface area contributed by atoms with E-state index in [1.807, 2.05) is 61.3 Å². The van der Waals surface area contributed by atoms with Crippen molar-refractivity contribution in [2.75, 3.05) is 13.2 Å². The molecule has 3 heterocycles. The Kier molecular flexibility index (Phi) is 4.77. The summed E-state index contributed by atoms with van der Waals surface area (Å²) in [5.74, 6) is 1.63. The summed E-state index contributed by atoms with van der Waals surface area (Å²) in [6, 6.07) is 11.6. The van der Waals surface area contributed by atoms with Gasteiger partial charge in [-0.1, -0.05) is 12.1 Å². The third-order valence-corrected chi connectivity index (χ3v) is 6.09. The number of amides is 1. The van der Waals surface area contributed by atoms with Crippen LogP contribution in [-0.2, 0) is 0 Å². The Morgan fingerprint density at radius 3 is 2.83 bits per heavy atom. The summed E-state index contributed by atoms with van der Waals surface area (Å²) in [7, 11) is 0. The average Bonchev–Trinajstić information content (AvgIpc) is 3.36. The number of likely N-dealkylation sites (tertiary alicyclic amines) is 1. The number of carbonyl (C=O) groups is 1. The lowest BCUT2D eigenvalue weighted by Gasteiger charge is -2.33. The van der Waals surface area contributed by atoms with Gasteiger partial charge in [0.05, 0.1) is 18.2 Å². The molecule has 2 bridgehead atoms. The minimum absolute atomic E-state index is 0.0274. The van der Waals surface area contributed by atoms with E-state index >= 15 is 0 Å². The molecule has 3 unspecified atom stereocenters. The van der Waals surface area contributed by atoms with E-state index in [2.05, 4.69) is 9.97 Å². The number of aromatic nitrogens is 2. The summed E-state index contributed by atoms with van der Waals surface area (Å²) >= 11 is 0. The third-order valence-electron chi connectivity index (χ3n) is 6.09. The third kappa shape index (κ3) is 3.26. The van der Waals surface area contributed by atoms with Gasteiger partial charge in [0.25, 0.3) is 5.91 Å². The van der Waals surface area contributed by atoms with Crippen molar-refractivity contribution in [3.63, 3.8) is 0 Å². The first-order valence-corrected chi connectivity index (χ1v) is 10.5. The summed E-state index contributed by atoms with van der Waals surface area (Å²) in [6.45, 7) is 5.17. The summed E-state index contributed by atoms with van der Waals surface area (Å²) in [6.07, 6.45) is 5.41. The number of hydrogen-bond acceptors (Lipinski definition) is 5. The number of piperidine rings is 1. The molecule has 154 valence electrons. The van der Waals surface area contributed by atoms with Crippen molar-refractivity contribution in [2.45, 2.75) is 38.8 Å². The van der Waals surface area contributed by atoms with Crippen LogP contribution in [-0.4, -0.2) is 46.1 Å². The number of pyridine rings is 2. The van der Waals surface area contributed by atoms with E-state index in [4.69, 9.17) is 9.47 Å². The molecule has 0 radical (unpaired) electrons. The van der Waals surface area contributed by atoms with Crippen molar-refractivity contribution in [2.24, 2.45) is 5.92 Å². The number of fused-ring (bicyclic) bond motifs is 3. The van der Waals surface area contributed by atoms with Crippen LogP contribution in [0.3, 0.4) is 0 Å². The summed E-state index contributed by atoms with van der Waals surface area (Å²) in [5.41, 5.74) is 2.34. The van der Waals surface area contributed by atoms with E-state index in [-0.39, 0.29) is 18.1 Å². The molecule has 2 aliphatic rings. The Morgan fingerprint density at radius 2 is 2.07 bits per heavy atom. The molecule has 6 heteroatoms. The second-order valence-electron chi connectivity index (χ2n) is 8.14. The Hall–Kier alpha value is -3.15. The molecule has 3 atom stereocenters. The molecule has 30 heavy (non-hydrogen) atoms. The second-order valence-corrected chi connectivity index (χ2v) is 8.14. The molecular weight excluding hydrogens is 378 g/mol. The number of carbonyl (C=O) groups excluding carboxylic acids is 1. The van der Waals surface area contributed by atoms with Gasteiger partial charge in [-0.05, 0) is 56.4 Å². The van der Waals surface area contributed by atoms with E-state index in [0.717, 1.165) is 30.3 Å². The van der Waals surface area contributed by atoms with Crippen LogP contribution in [0.15, 0.2) is 48.8 Å². The average molecular weight is 403 g/mol. The van der Waals surface area contributed by atoms with E-state index in [1.54, 1.807) is 6.20 Å². The number of benzene rings is 1. The number of hydrogen-bond donors (Lipinski definition) is 0. The first kappa shape index (κ1) is 18.9. The predicted molar refractivity (Wildman–Crippen MR) is 114 cm³/mol. The van der Waals surface area contributed by atoms with Crippen LogP contribution >= 0.6 is 0 Å². The number of rotatable bonds is 5. The number of nitrogens with zero attached hydrogens (tertiary/aromatic N) is 3. The van der Waals surface area contributed by atoms with Gasteiger partial charge in [-0.15, -0.1) is 0 Å². The van der Waals surface area contributed by atoms with E-state index < -0.39 is 0 Å². The Bertz CT molecular complexity index is 1080. The van der Waals surface area contributed by atoms with Crippen LogP contribution in [0, 0.1) is 12.8 Å². The van der Waals surface area contributed by atoms with Crippen LogP contribution in [0.2, 0.25) is 0 Å². The lowest BCUT2D eigenvalue weighted by Crippen LogP contribution is -2.47. The number of ether oxygens (including phenoxy) is 2. The zero-order valence-corrected chi connectivity index (χ0v) is 17.2. The maximum Gasteiger partial charge on any atom is 0.260 e. The Morgan fingerprint density at radius 1 is 1.17 bits per heavy atom. The summed E-state index contributed by atoms with van der Waals surface area (Å²) in [4.78, 5) is 24.6. The molecule has 1 amide bonds. The van der Waals surface area contributed by atoms with Gasteiger partial charge in [0.15, 0.2) is 0 Å². The molecule has 1 aliphatic heterocycles. The van der Waals surface area contributed by atoms with Crippen LogP contribution in [0.5, 0.6) is 11.6 Å². The molecule has 1 aliphatic carbocycles. The molecule has 6 nitrogen and oxygen atoms in total. The Labute approximate surface area is 175 Å². The first-order valence-electron chi connectivity index (χ1n) is 10.5. The monoisotopic (exact) mass is 403 g/mol. The molecule has 1 saturated carbocycles. The highest BCUT2D eigenvalue weighted by atomic mass is 16.5. The van der Waals surface area contributed by atoms with Crippen molar-refractivity contribution in [1.29, 1.82) is 0 Å². The highest BCUT2D eigenvalue weighted by Gasteiger charge is 2.49. The van der Waals surface area contributed by atoms with Crippen molar-refractivity contribution < 1.29 is 14.3 Å². The lowest BCUT2D eigenvalue weighted by molar-refractivity contribution is 0.0465. The Balaban J connectivity index is 1.45. The lowest BCUT2D eigenvalue weighted by atomic mass is 10.0. The first-order chi connectivity index (χ1) is 14.6. The van der Waals surface area contributed by atoms with Gasteiger partial charge in [-0.25, -0.2) is 4.98 Å². The van der Waals surface area contributed by atoms with Gasteiger partial charge in [-0.3, -0.25) is 9.78 Å². The fourth-order valence-corrected chi connectivity index (χ4v) is 4.76. The van der Waals surface area contributed by atoms with Gasteiger partial charge in [0.2, 0.25) is 5.88 Å². The highest BCUT2D eigenvalue weighted by molar-refractivity contribution is 6.08. The molecule has 0 spiro atoms. The summed E-state index contributed by atoms with van der Waals surface area (Å²) < 4.78 is 12.0.